The van der Waals surface area contributed by atoms with E-state index < -0.39 is 0 Å². The monoisotopic (exact) mass is 260 g/mol. The third-order valence-electron chi connectivity index (χ3n) is 3.47. The maximum absolute atomic E-state index is 7.96. The summed E-state index contributed by atoms with van der Waals surface area (Å²) in [5, 5.41) is 15.8. The van der Waals surface area contributed by atoms with Crippen LogP contribution >= 0.6 is 0 Å². The van der Waals surface area contributed by atoms with Gasteiger partial charge < -0.3 is 15.4 Å². The molecule has 1 fully saturated rings. The first-order valence-electron chi connectivity index (χ1n) is 6.45. The number of anilines is 1. The summed E-state index contributed by atoms with van der Waals surface area (Å²) in [6.45, 7) is 1.96. The second-order valence-electron chi connectivity index (χ2n) is 4.99. The molecule has 0 aromatic heterocycles. The molecule has 19 heavy (non-hydrogen) atoms. The first kappa shape index (κ1) is 13.5. The van der Waals surface area contributed by atoms with Crippen LogP contribution in [0.2, 0.25) is 0 Å². The van der Waals surface area contributed by atoms with E-state index in [9.17, 15) is 0 Å². The minimum absolute atomic E-state index is 0.0175. The summed E-state index contributed by atoms with van der Waals surface area (Å²) < 4.78 is 5.36. The molecule has 0 spiro atoms. The molecule has 0 radical (unpaired) electrons. The van der Waals surface area contributed by atoms with E-state index in [0.717, 1.165) is 25.9 Å². The van der Waals surface area contributed by atoms with Crippen LogP contribution in [0.25, 0.3) is 0 Å². The second-order valence-corrected chi connectivity index (χ2v) is 4.99. The van der Waals surface area contributed by atoms with Crippen molar-refractivity contribution in [3.05, 3.63) is 29.8 Å². The average molecular weight is 260 g/mol. The third-order valence-corrected chi connectivity index (χ3v) is 3.47. The van der Waals surface area contributed by atoms with Crippen LogP contribution in [0.15, 0.2) is 24.3 Å². The minimum Gasteiger partial charge on any atom is -0.425 e. The van der Waals surface area contributed by atoms with Crippen LogP contribution in [0.5, 0.6) is 0 Å². The highest BCUT2D eigenvalue weighted by atomic mass is 16.5. The lowest BCUT2D eigenvalue weighted by Gasteiger charge is -2.28. The molecular weight excluding hydrogens is 240 g/mol. The number of hydrogen-bond donors (Lipinski definition) is 3. The number of piperidine rings is 1. The van der Waals surface area contributed by atoms with E-state index in [1.54, 1.807) is 24.3 Å². The van der Waals surface area contributed by atoms with E-state index in [1.165, 1.54) is 0 Å². The first-order chi connectivity index (χ1) is 9.06. The molecule has 102 valence electrons. The topological polar surface area (TPSA) is 86.2 Å². The summed E-state index contributed by atoms with van der Waals surface area (Å²) in [6, 6.07) is 6.93. The Morgan fingerprint density at radius 3 is 2.37 bits per heavy atom. The number of hydrogen-bond acceptors (Lipinski definition) is 5. The van der Waals surface area contributed by atoms with Gasteiger partial charge in [0.15, 0.2) is 5.90 Å². The predicted molar refractivity (Wildman–Crippen MR) is 76.7 cm³/mol. The highest BCUT2D eigenvalue weighted by molar-refractivity contribution is 5.99. The molecule has 0 unspecified atom stereocenters. The quantitative estimate of drug-likeness (QED) is 0.431. The van der Waals surface area contributed by atoms with Crippen molar-refractivity contribution in [2.45, 2.75) is 12.8 Å². The van der Waals surface area contributed by atoms with Crippen molar-refractivity contribution in [2.24, 2.45) is 5.92 Å². The van der Waals surface area contributed by atoms with Crippen molar-refractivity contribution in [1.29, 1.82) is 10.8 Å². The zero-order valence-corrected chi connectivity index (χ0v) is 11.1. The molecular formula is C14H20N4O. The van der Waals surface area contributed by atoms with Gasteiger partial charge in [-0.15, -0.1) is 0 Å². The van der Waals surface area contributed by atoms with Crippen molar-refractivity contribution < 1.29 is 4.74 Å². The molecule has 0 bridgehead atoms. The van der Waals surface area contributed by atoms with Crippen LogP contribution in [-0.2, 0) is 4.74 Å². The highest BCUT2D eigenvalue weighted by Crippen LogP contribution is 2.18. The summed E-state index contributed by atoms with van der Waals surface area (Å²) >= 11 is 0. The predicted octanol–water partition coefficient (Wildman–Crippen LogP) is 1.93. The molecule has 0 saturated carbocycles. The van der Waals surface area contributed by atoms with Crippen molar-refractivity contribution in [3.63, 3.8) is 0 Å². The Morgan fingerprint density at radius 2 is 1.79 bits per heavy atom. The zero-order valence-electron chi connectivity index (χ0n) is 11.1. The molecule has 2 rings (SSSR count). The van der Waals surface area contributed by atoms with Gasteiger partial charge in [0, 0.05) is 17.2 Å². The van der Waals surface area contributed by atoms with Crippen LogP contribution in [-0.4, -0.2) is 36.8 Å². The molecule has 5 nitrogen and oxygen atoms in total. The summed E-state index contributed by atoms with van der Waals surface area (Å²) in [7, 11) is 2.08. The molecule has 1 aromatic rings. The molecule has 0 atom stereocenters. The van der Waals surface area contributed by atoms with E-state index in [1.807, 2.05) is 0 Å². The van der Waals surface area contributed by atoms with Gasteiger partial charge in [0.2, 0.25) is 5.90 Å². The molecule has 1 aliphatic heterocycles. The number of rotatable bonds is 2. The summed E-state index contributed by atoms with van der Waals surface area (Å²) in [6.07, 6.45) is 1.84. The Balaban J connectivity index is 1.91. The lowest BCUT2D eigenvalue weighted by atomic mass is 9.97. The largest absolute Gasteiger partial charge is 0.425 e. The second kappa shape index (κ2) is 5.84. The normalized spacial score (nSPS) is 17.1. The summed E-state index contributed by atoms with van der Waals surface area (Å²) in [5.74, 6) is 0.351. The van der Waals surface area contributed by atoms with Crippen molar-refractivity contribution >= 4 is 17.5 Å². The molecule has 1 aliphatic rings. The number of nitrogen functional groups attached to an aromatic ring is 1. The number of nitrogens with zero attached hydrogens (tertiary/aromatic N) is 1. The smallest absolute Gasteiger partial charge is 0.220 e. The van der Waals surface area contributed by atoms with Crippen LogP contribution in [0.4, 0.5) is 5.69 Å². The number of nitrogens with two attached hydrogens (primary N) is 1. The van der Waals surface area contributed by atoms with Crippen molar-refractivity contribution in [1.82, 2.24) is 4.90 Å². The lowest BCUT2D eigenvalue weighted by molar-refractivity contribution is 0.240. The van der Waals surface area contributed by atoms with Gasteiger partial charge in [-0.05, 0) is 57.2 Å². The van der Waals surface area contributed by atoms with Gasteiger partial charge in [-0.3, -0.25) is 10.8 Å². The summed E-state index contributed by atoms with van der Waals surface area (Å²) in [5.41, 5.74) is 6.90. The van der Waals surface area contributed by atoms with E-state index >= 15 is 0 Å². The summed E-state index contributed by atoms with van der Waals surface area (Å²) in [4.78, 5) is 2.25. The van der Waals surface area contributed by atoms with Gasteiger partial charge in [0.1, 0.15) is 0 Å². The molecule has 0 amide bonds. The fraction of sp³-hybridized carbons (Fsp3) is 0.429. The third kappa shape index (κ3) is 3.54. The van der Waals surface area contributed by atoms with Gasteiger partial charge in [0.25, 0.3) is 0 Å². The number of likely N-dealkylation sites (tertiary alicyclic amines) is 1. The van der Waals surface area contributed by atoms with Crippen LogP contribution in [0, 0.1) is 16.7 Å². The molecule has 1 saturated heterocycles. The van der Waals surface area contributed by atoms with E-state index in [2.05, 4.69) is 11.9 Å². The molecule has 1 aromatic carbocycles. The van der Waals surface area contributed by atoms with Crippen LogP contribution in [0.1, 0.15) is 18.4 Å². The van der Waals surface area contributed by atoms with Crippen LogP contribution < -0.4 is 5.73 Å². The van der Waals surface area contributed by atoms with Crippen molar-refractivity contribution in [3.8, 4) is 0 Å². The maximum Gasteiger partial charge on any atom is 0.220 e. The Hall–Kier alpha value is -1.88. The highest BCUT2D eigenvalue weighted by Gasteiger charge is 2.23. The van der Waals surface area contributed by atoms with Gasteiger partial charge in [-0.1, -0.05) is 0 Å². The number of ether oxygens (including phenoxy) is 1. The van der Waals surface area contributed by atoms with Gasteiger partial charge in [-0.25, -0.2) is 0 Å². The Labute approximate surface area is 113 Å². The van der Waals surface area contributed by atoms with E-state index in [-0.39, 0.29) is 17.7 Å². The Kier molecular flexibility index (Phi) is 4.16. The van der Waals surface area contributed by atoms with Crippen LogP contribution in [0.3, 0.4) is 0 Å². The Bertz CT molecular complexity index is 461. The fourth-order valence-corrected chi connectivity index (χ4v) is 2.16. The molecule has 1 heterocycles. The number of benzene rings is 1. The average Bonchev–Trinajstić information content (AvgIpc) is 2.40. The zero-order chi connectivity index (χ0) is 13.8. The fourth-order valence-electron chi connectivity index (χ4n) is 2.16. The molecule has 4 N–H and O–H groups in total. The van der Waals surface area contributed by atoms with Gasteiger partial charge in [-0.2, -0.15) is 0 Å². The first-order valence-corrected chi connectivity index (χ1v) is 6.45. The standard InChI is InChI=1S/C14H20N4O/c1-18-8-6-11(7-9-18)14(17)19-13(16)10-2-4-12(15)5-3-10/h2-5,11,16-17H,6-9,15H2,1H3. The lowest BCUT2D eigenvalue weighted by Crippen LogP contribution is -2.34. The SMILES string of the molecule is CN1CCC(C(=N)OC(=N)c2ccc(N)cc2)CC1. The van der Waals surface area contributed by atoms with Crippen molar-refractivity contribution in [2.75, 3.05) is 25.9 Å². The van der Waals surface area contributed by atoms with E-state index in [0.29, 0.717) is 11.3 Å². The van der Waals surface area contributed by atoms with Gasteiger partial charge >= 0.3 is 0 Å². The Morgan fingerprint density at radius 1 is 1.21 bits per heavy atom. The number of nitrogens with one attached hydrogen (secondary N) is 2. The molecule has 0 aliphatic carbocycles. The molecule has 5 heteroatoms. The van der Waals surface area contributed by atoms with E-state index in [4.69, 9.17) is 21.3 Å². The van der Waals surface area contributed by atoms with Gasteiger partial charge in [0.05, 0.1) is 0 Å². The minimum atomic E-state index is 0.0175. The maximum atomic E-state index is 7.96.